The minimum Gasteiger partial charge on any atom is -0.447 e. The molecule has 0 radical (unpaired) electrons. The lowest BCUT2D eigenvalue weighted by molar-refractivity contribution is 0.475. The zero-order valence-corrected chi connectivity index (χ0v) is 16.9. The normalized spacial score (nSPS) is 11.8. The Morgan fingerprint density at radius 1 is 1.20 bits per heavy atom. The molecule has 0 spiro atoms. The number of nitrogens with one attached hydrogen (secondary N) is 2. The highest BCUT2D eigenvalue weighted by molar-refractivity contribution is 6.31. The third-order valence-electron chi connectivity index (χ3n) is 4.74. The number of halogens is 1. The van der Waals surface area contributed by atoms with Crippen molar-refractivity contribution in [2.24, 2.45) is 7.05 Å². The smallest absolute Gasteiger partial charge is 0.252 e. The first-order chi connectivity index (χ1) is 14.5. The molecule has 4 aromatic rings. The lowest BCUT2D eigenvalue weighted by atomic mass is 10.1. The molecule has 0 saturated heterocycles. The second-order valence-electron chi connectivity index (χ2n) is 6.68. The predicted octanol–water partition coefficient (Wildman–Crippen LogP) is 4.36. The molecule has 0 amide bonds. The second kappa shape index (κ2) is 7.89. The maximum Gasteiger partial charge on any atom is 0.252 e. The van der Waals surface area contributed by atoms with Crippen LogP contribution >= 0.6 is 11.6 Å². The van der Waals surface area contributed by atoms with Crippen molar-refractivity contribution in [1.82, 2.24) is 14.5 Å². The van der Waals surface area contributed by atoms with Gasteiger partial charge in [-0.3, -0.25) is 4.79 Å². The molecule has 1 unspecified atom stereocenters. The first-order valence-corrected chi connectivity index (χ1v) is 9.47. The van der Waals surface area contributed by atoms with Gasteiger partial charge in [-0.05, 0) is 31.2 Å². The quantitative estimate of drug-likeness (QED) is 0.461. The van der Waals surface area contributed by atoms with Crippen molar-refractivity contribution in [2.45, 2.75) is 13.0 Å². The molecule has 0 aliphatic heterocycles. The molecule has 3 heterocycles. The molecule has 0 aliphatic rings. The van der Waals surface area contributed by atoms with E-state index in [2.05, 4.69) is 26.7 Å². The Bertz CT molecular complexity index is 1320. The Hall–Kier alpha value is -3.83. The van der Waals surface area contributed by atoms with Crippen LogP contribution in [0, 0.1) is 11.3 Å². The molecule has 0 bridgehead atoms. The summed E-state index contributed by atoms with van der Waals surface area (Å²) in [5, 5.41) is 16.8. The molecule has 1 atom stereocenters. The summed E-state index contributed by atoms with van der Waals surface area (Å²) >= 11 is 6.02. The van der Waals surface area contributed by atoms with Crippen LogP contribution in [-0.4, -0.2) is 14.5 Å². The van der Waals surface area contributed by atoms with Crippen LogP contribution in [0.5, 0.6) is 0 Å². The number of fused-ring (bicyclic) bond motifs is 1. The fourth-order valence-corrected chi connectivity index (χ4v) is 3.40. The number of aryl methyl sites for hydroxylation is 1. The van der Waals surface area contributed by atoms with Crippen molar-refractivity contribution >= 4 is 39.6 Å². The number of hydrogen-bond acceptors (Lipinski definition) is 7. The predicted molar refractivity (Wildman–Crippen MR) is 115 cm³/mol. The molecular weight excluding hydrogens is 404 g/mol. The van der Waals surface area contributed by atoms with E-state index >= 15 is 0 Å². The van der Waals surface area contributed by atoms with Crippen LogP contribution in [0.25, 0.3) is 10.9 Å². The van der Waals surface area contributed by atoms with Gasteiger partial charge in [0.1, 0.15) is 29.1 Å². The van der Waals surface area contributed by atoms with Crippen LogP contribution < -0.4 is 16.2 Å². The SMILES string of the molecule is CC(Nc1cc(=O)n(C)c2ccc(Nc3ccnc(Cl)c3C#N)cc12)c1ncco1. The highest BCUT2D eigenvalue weighted by Crippen LogP contribution is 2.30. The monoisotopic (exact) mass is 420 g/mol. The number of oxazole rings is 1. The van der Waals surface area contributed by atoms with Crippen molar-refractivity contribution in [2.75, 3.05) is 10.6 Å². The average molecular weight is 421 g/mol. The molecule has 0 aliphatic carbocycles. The van der Waals surface area contributed by atoms with E-state index in [1.54, 1.807) is 23.9 Å². The second-order valence-corrected chi connectivity index (χ2v) is 7.04. The Labute approximate surface area is 176 Å². The van der Waals surface area contributed by atoms with Gasteiger partial charge in [-0.15, -0.1) is 0 Å². The fourth-order valence-electron chi connectivity index (χ4n) is 3.20. The van der Waals surface area contributed by atoms with E-state index in [9.17, 15) is 10.1 Å². The van der Waals surface area contributed by atoms with E-state index in [-0.39, 0.29) is 22.3 Å². The lowest BCUT2D eigenvalue weighted by Crippen LogP contribution is -2.18. The Kier molecular flexibility index (Phi) is 5.12. The van der Waals surface area contributed by atoms with Gasteiger partial charge in [-0.1, -0.05) is 11.6 Å². The van der Waals surface area contributed by atoms with E-state index in [1.807, 2.05) is 25.1 Å². The molecular formula is C21H17ClN6O2. The fraction of sp³-hybridized carbons (Fsp3) is 0.143. The Morgan fingerprint density at radius 3 is 2.77 bits per heavy atom. The summed E-state index contributed by atoms with van der Waals surface area (Å²) in [6.45, 7) is 1.90. The summed E-state index contributed by atoms with van der Waals surface area (Å²) in [5.41, 5.74) is 2.80. The molecule has 1 aromatic carbocycles. The molecule has 8 nitrogen and oxygen atoms in total. The van der Waals surface area contributed by atoms with E-state index in [0.717, 1.165) is 16.6 Å². The largest absolute Gasteiger partial charge is 0.447 e. The highest BCUT2D eigenvalue weighted by Gasteiger charge is 2.15. The Balaban J connectivity index is 1.78. The molecule has 9 heteroatoms. The van der Waals surface area contributed by atoms with Crippen molar-refractivity contribution in [3.05, 3.63) is 75.9 Å². The summed E-state index contributed by atoms with van der Waals surface area (Å²) in [7, 11) is 1.72. The molecule has 150 valence electrons. The van der Waals surface area contributed by atoms with Gasteiger partial charge < -0.3 is 19.6 Å². The van der Waals surface area contributed by atoms with Gasteiger partial charge in [-0.2, -0.15) is 5.26 Å². The van der Waals surface area contributed by atoms with Crippen LogP contribution in [0.15, 0.2) is 58.2 Å². The van der Waals surface area contributed by atoms with Crippen molar-refractivity contribution < 1.29 is 4.42 Å². The van der Waals surface area contributed by atoms with Crippen LogP contribution in [0.1, 0.15) is 24.4 Å². The van der Waals surface area contributed by atoms with Gasteiger partial charge in [0.15, 0.2) is 0 Å². The minimum atomic E-state index is -0.240. The van der Waals surface area contributed by atoms with E-state index < -0.39 is 0 Å². The van der Waals surface area contributed by atoms with Gasteiger partial charge in [0.05, 0.1) is 17.4 Å². The maximum absolute atomic E-state index is 12.4. The lowest BCUT2D eigenvalue weighted by Gasteiger charge is -2.17. The summed E-state index contributed by atoms with van der Waals surface area (Å²) in [5.74, 6) is 0.517. The summed E-state index contributed by atoms with van der Waals surface area (Å²) in [6, 6.07) is 10.6. The van der Waals surface area contributed by atoms with E-state index in [0.29, 0.717) is 17.3 Å². The number of benzene rings is 1. The number of anilines is 3. The number of aromatic nitrogens is 3. The van der Waals surface area contributed by atoms with Gasteiger partial charge in [0, 0.05) is 36.1 Å². The van der Waals surface area contributed by atoms with E-state index in [4.69, 9.17) is 16.0 Å². The summed E-state index contributed by atoms with van der Waals surface area (Å²) in [6.07, 6.45) is 4.61. The third-order valence-corrected chi connectivity index (χ3v) is 5.02. The molecule has 30 heavy (non-hydrogen) atoms. The first-order valence-electron chi connectivity index (χ1n) is 9.09. The van der Waals surface area contributed by atoms with Crippen LogP contribution in [-0.2, 0) is 7.05 Å². The number of pyridine rings is 2. The minimum absolute atomic E-state index is 0.132. The van der Waals surface area contributed by atoms with Crippen molar-refractivity contribution in [3.63, 3.8) is 0 Å². The number of rotatable bonds is 5. The molecule has 2 N–H and O–H groups in total. The standard InChI is InChI=1S/C21H17ClN6O2/c1-12(21-25-7-8-30-21)26-17-10-19(29)28(2)18-4-3-13(9-14(17)18)27-16-5-6-24-20(22)15(16)11-23/h3-10,12,26H,1-2H3,(H,24,27). The van der Waals surface area contributed by atoms with Crippen LogP contribution in [0.3, 0.4) is 0 Å². The highest BCUT2D eigenvalue weighted by atomic mass is 35.5. The van der Waals surface area contributed by atoms with Crippen LogP contribution in [0.4, 0.5) is 17.1 Å². The van der Waals surface area contributed by atoms with Gasteiger partial charge >= 0.3 is 0 Å². The summed E-state index contributed by atoms with van der Waals surface area (Å²) in [4.78, 5) is 20.5. The maximum atomic E-state index is 12.4. The zero-order chi connectivity index (χ0) is 21.3. The third kappa shape index (κ3) is 3.58. The molecule has 0 saturated carbocycles. The number of hydrogen-bond donors (Lipinski definition) is 2. The summed E-state index contributed by atoms with van der Waals surface area (Å²) < 4.78 is 6.93. The van der Waals surface area contributed by atoms with Crippen LogP contribution in [0.2, 0.25) is 5.15 Å². The zero-order valence-electron chi connectivity index (χ0n) is 16.2. The Morgan fingerprint density at radius 2 is 2.03 bits per heavy atom. The topological polar surface area (TPSA) is 109 Å². The first kappa shape index (κ1) is 19.5. The molecule has 4 rings (SSSR count). The van der Waals surface area contributed by atoms with Gasteiger partial charge in [0.2, 0.25) is 5.89 Å². The van der Waals surface area contributed by atoms with Crippen molar-refractivity contribution in [1.29, 1.82) is 5.26 Å². The van der Waals surface area contributed by atoms with Crippen molar-refractivity contribution in [3.8, 4) is 6.07 Å². The van der Waals surface area contributed by atoms with E-state index in [1.165, 1.54) is 18.5 Å². The number of nitriles is 1. The van der Waals surface area contributed by atoms with Gasteiger partial charge in [-0.25, -0.2) is 9.97 Å². The number of nitrogens with zero attached hydrogens (tertiary/aromatic N) is 4. The van der Waals surface area contributed by atoms with Gasteiger partial charge in [0.25, 0.3) is 5.56 Å². The molecule has 3 aromatic heterocycles. The average Bonchev–Trinajstić information content (AvgIpc) is 3.27. The molecule has 0 fully saturated rings.